The Morgan fingerprint density at radius 1 is 1.28 bits per heavy atom. The van der Waals surface area contributed by atoms with E-state index in [9.17, 15) is 0 Å². The Kier molecular flexibility index (Phi) is 13.0. The van der Waals surface area contributed by atoms with Crippen molar-refractivity contribution in [1.29, 1.82) is 0 Å². The molecule has 0 spiro atoms. The number of benzene rings is 1. The third-order valence-electron chi connectivity index (χ3n) is 4.82. The normalized spacial score (nSPS) is 18.1. The topological polar surface area (TPSA) is 67.4 Å². The Morgan fingerprint density at radius 3 is 2.79 bits per heavy atom. The van der Waals surface area contributed by atoms with Crippen LogP contribution >= 0.6 is 24.0 Å². The average Bonchev–Trinajstić information content (AvgIpc) is 3.16. The molecule has 0 aromatic heterocycles. The third-order valence-corrected chi connectivity index (χ3v) is 4.82. The van der Waals surface area contributed by atoms with E-state index >= 15 is 0 Å². The highest BCUT2D eigenvalue weighted by Crippen LogP contribution is 2.20. The maximum Gasteiger partial charge on any atom is 0.191 e. The van der Waals surface area contributed by atoms with Gasteiger partial charge in [-0.25, -0.2) is 4.99 Å². The van der Waals surface area contributed by atoms with Crippen molar-refractivity contribution in [3.63, 3.8) is 0 Å². The number of aliphatic imine (C=N–C) groups is 1. The van der Waals surface area contributed by atoms with Gasteiger partial charge in [-0.15, -0.1) is 24.0 Å². The summed E-state index contributed by atoms with van der Waals surface area (Å²) in [6, 6.07) is 8.18. The van der Waals surface area contributed by atoms with E-state index in [-0.39, 0.29) is 30.1 Å². The molecule has 0 saturated carbocycles. The van der Waals surface area contributed by atoms with E-state index in [1.807, 2.05) is 31.2 Å². The van der Waals surface area contributed by atoms with Crippen LogP contribution in [0, 0.1) is 0 Å². The monoisotopic (exact) mass is 520 g/mol. The second-order valence-electron chi connectivity index (χ2n) is 7.03. The molecule has 2 N–H and O–H groups in total. The highest BCUT2D eigenvalue weighted by molar-refractivity contribution is 14.0. The summed E-state index contributed by atoms with van der Waals surface area (Å²) >= 11 is 0. The number of likely N-dealkylation sites (tertiary alicyclic amines) is 1. The van der Waals surface area contributed by atoms with E-state index < -0.39 is 0 Å². The van der Waals surface area contributed by atoms with Crippen molar-refractivity contribution >= 4 is 29.9 Å². The van der Waals surface area contributed by atoms with Crippen molar-refractivity contribution in [3.05, 3.63) is 24.3 Å². The van der Waals surface area contributed by atoms with E-state index in [2.05, 4.69) is 22.5 Å². The van der Waals surface area contributed by atoms with Crippen LogP contribution in [-0.2, 0) is 4.74 Å². The minimum absolute atomic E-state index is 0. The van der Waals surface area contributed by atoms with Gasteiger partial charge in [0, 0.05) is 38.9 Å². The van der Waals surface area contributed by atoms with Crippen molar-refractivity contribution in [3.8, 4) is 11.5 Å². The summed E-state index contributed by atoms with van der Waals surface area (Å²) in [5.74, 6) is 2.42. The van der Waals surface area contributed by atoms with Gasteiger partial charge in [0.05, 0.1) is 20.3 Å². The Hall–Kier alpha value is -1.26. The summed E-state index contributed by atoms with van der Waals surface area (Å²) in [5.41, 5.74) is 0. The molecule has 8 heteroatoms. The molecule has 1 aliphatic heterocycles. The summed E-state index contributed by atoms with van der Waals surface area (Å²) in [6.45, 7) is 9.31. The van der Waals surface area contributed by atoms with Crippen LogP contribution in [0.15, 0.2) is 29.3 Å². The van der Waals surface area contributed by atoms with Gasteiger partial charge in [-0.1, -0.05) is 6.07 Å². The number of nitrogens with zero attached hydrogens (tertiary/aromatic N) is 2. The zero-order valence-corrected chi connectivity index (χ0v) is 20.5. The number of hydrogen-bond acceptors (Lipinski definition) is 5. The van der Waals surface area contributed by atoms with Gasteiger partial charge >= 0.3 is 0 Å². The van der Waals surface area contributed by atoms with Crippen LogP contribution in [0.1, 0.15) is 26.7 Å². The van der Waals surface area contributed by atoms with Crippen LogP contribution in [-0.4, -0.2) is 76.6 Å². The first-order valence-electron chi connectivity index (χ1n) is 10.2. The van der Waals surface area contributed by atoms with E-state index in [0.717, 1.165) is 50.2 Å². The zero-order chi connectivity index (χ0) is 20.2. The highest BCUT2D eigenvalue weighted by Gasteiger charge is 2.24. The first-order valence-corrected chi connectivity index (χ1v) is 10.2. The summed E-state index contributed by atoms with van der Waals surface area (Å²) in [4.78, 5) is 7.19. The molecule has 2 rings (SSSR count). The van der Waals surface area contributed by atoms with Gasteiger partial charge in [-0.05, 0) is 45.4 Å². The van der Waals surface area contributed by atoms with Gasteiger partial charge in [0.2, 0.25) is 0 Å². The molecule has 0 radical (unpaired) electrons. The number of methoxy groups -OCH3 is 2. The van der Waals surface area contributed by atoms with Gasteiger partial charge in [0.25, 0.3) is 0 Å². The lowest BCUT2D eigenvalue weighted by Gasteiger charge is -2.25. The summed E-state index contributed by atoms with van der Waals surface area (Å²) in [7, 11) is 3.41. The summed E-state index contributed by atoms with van der Waals surface area (Å²) < 4.78 is 16.4. The van der Waals surface area contributed by atoms with E-state index in [0.29, 0.717) is 12.6 Å². The van der Waals surface area contributed by atoms with Gasteiger partial charge in [-0.2, -0.15) is 0 Å². The van der Waals surface area contributed by atoms with Crippen LogP contribution in [0.5, 0.6) is 11.5 Å². The maximum absolute atomic E-state index is 5.96. The Bertz CT molecular complexity index is 603. The minimum Gasteiger partial charge on any atom is -0.497 e. The lowest BCUT2D eigenvalue weighted by Crippen LogP contribution is -2.45. The summed E-state index contributed by atoms with van der Waals surface area (Å²) in [6.07, 6.45) is 2.42. The average molecular weight is 520 g/mol. The summed E-state index contributed by atoms with van der Waals surface area (Å²) in [5, 5.41) is 6.81. The number of rotatable bonds is 11. The molecule has 2 atom stereocenters. The molecule has 1 aliphatic rings. The molecule has 0 bridgehead atoms. The number of guanidine groups is 1. The molecule has 1 fully saturated rings. The number of hydrogen-bond donors (Lipinski definition) is 2. The standard InChI is InChI=1S/C21H36N4O3.HI/c1-5-22-21(24-16-18-8-7-11-25(18)12-13-26-3)23-15-17(2)28-20-10-6-9-19(14-20)27-4;/h6,9-10,14,17-18H,5,7-8,11-13,15-16H2,1-4H3,(H2,22,23,24);1H. The quantitative estimate of drug-likeness (QED) is 0.266. The van der Waals surface area contributed by atoms with Crippen LogP contribution < -0.4 is 20.1 Å². The molecule has 0 amide bonds. The van der Waals surface area contributed by atoms with Gasteiger partial charge in [0.15, 0.2) is 5.96 Å². The molecule has 166 valence electrons. The van der Waals surface area contributed by atoms with Gasteiger partial charge in [-0.3, -0.25) is 4.90 Å². The van der Waals surface area contributed by atoms with Crippen molar-refractivity contribution in [2.75, 3.05) is 53.6 Å². The highest BCUT2D eigenvalue weighted by atomic mass is 127. The first kappa shape index (κ1) is 25.8. The van der Waals surface area contributed by atoms with Crippen molar-refractivity contribution in [1.82, 2.24) is 15.5 Å². The second kappa shape index (κ2) is 14.7. The Morgan fingerprint density at radius 2 is 2.07 bits per heavy atom. The largest absolute Gasteiger partial charge is 0.497 e. The Balaban J connectivity index is 0.00000420. The van der Waals surface area contributed by atoms with Gasteiger partial charge < -0.3 is 24.8 Å². The van der Waals surface area contributed by atoms with E-state index in [4.69, 9.17) is 19.2 Å². The third kappa shape index (κ3) is 9.39. The molecular weight excluding hydrogens is 483 g/mol. The predicted molar refractivity (Wildman–Crippen MR) is 129 cm³/mol. The molecule has 1 aromatic carbocycles. The molecule has 29 heavy (non-hydrogen) atoms. The van der Waals surface area contributed by atoms with Crippen LogP contribution in [0.3, 0.4) is 0 Å². The smallest absolute Gasteiger partial charge is 0.191 e. The molecule has 2 unspecified atom stereocenters. The number of halogens is 1. The lowest BCUT2D eigenvalue weighted by atomic mass is 10.2. The van der Waals surface area contributed by atoms with Crippen molar-refractivity contribution < 1.29 is 14.2 Å². The van der Waals surface area contributed by atoms with Crippen LogP contribution in [0.2, 0.25) is 0 Å². The fourth-order valence-electron chi connectivity index (χ4n) is 3.35. The second-order valence-corrected chi connectivity index (χ2v) is 7.03. The zero-order valence-electron chi connectivity index (χ0n) is 18.1. The molecule has 1 aromatic rings. The van der Waals surface area contributed by atoms with Gasteiger partial charge in [0.1, 0.15) is 17.6 Å². The lowest BCUT2D eigenvalue weighted by molar-refractivity contribution is 0.141. The fourth-order valence-corrected chi connectivity index (χ4v) is 3.35. The molecule has 7 nitrogen and oxygen atoms in total. The van der Waals surface area contributed by atoms with E-state index in [1.54, 1.807) is 14.2 Å². The number of ether oxygens (including phenoxy) is 3. The predicted octanol–water partition coefficient (Wildman–Crippen LogP) is 2.75. The maximum atomic E-state index is 5.96. The number of nitrogens with one attached hydrogen (secondary N) is 2. The minimum atomic E-state index is -0.0350. The molecule has 1 saturated heterocycles. The molecule has 1 heterocycles. The fraction of sp³-hybridized carbons (Fsp3) is 0.667. The SMILES string of the molecule is CCNC(=NCC(C)Oc1cccc(OC)c1)NCC1CCCN1CCOC.I. The van der Waals surface area contributed by atoms with Crippen molar-refractivity contribution in [2.24, 2.45) is 4.99 Å². The van der Waals surface area contributed by atoms with E-state index in [1.165, 1.54) is 12.8 Å². The molecule has 0 aliphatic carbocycles. The first-order chi connectivity index (χ1) is 13.7. The molecular formula is C21H37IN4O3. The Labute approximate surface area is 192 Å². The van der Waals surface area contributed by atoms with Crippen LogP contribution in [0.25, 0.3) is 0 Å². The van der Waals surface area contributed by atoms with Crippen molar-refractivity contribution in [2.45, 2.75) is 38.8 Å². The van der Waals surface area contributed by atoms with Crippen LogP contribution in [0.4, 0.5) is 0 Å².